The zero-order chi connectivity index (χ0) is 51.7. The number of anilines is 4. The quantitative estimate of drug-likeness (QED) is 0.0940. The van der Waals surface area contributed by atoms with Crippen molar-refractivity contribution in [1.82, 2.24) is 39.3 Å². The van der Waals surface area contributed by atoms with Crippen LogP contribution >= 0.6 is 15.9 Å². The van der Waals surface area contributed by atoms with Crippen LogP contribution < -0.4 is 29.9 Å². The van der Waals surface area contributed by atoms with E-state index in [9.17, 15) is 26.4 Å². The minimum atomic E-state index is -4.28. The molecule has 0 radical (unpaired) electrons. The molecule has 22 heteroatoms. The number of fused-ring (bicyclic) bond motifs is 12. The molecule has 378 valence electrons. The number of carbonyl (C=O) groups excluding carboxylic acids is 2. The van der Waals surface area contributed by atoms with Gasteiger partial charge in [-0.2, -0.15) is 16.8 Å². The van der Waals surface area contributed by atoms with E-state index >= 15 is 0 Å². The van der Waals surface area contributed by atoms with Gasteiger partial charge >= 0.3 is 0 Å². The molecule has 6 aromatic rings. The number of amides is 2. The summed E-state index contributed by atoms with van der Waals surface area (Å²) in [6, 6.07) is 26.5. The number of sulfonamides is 2. The molecular formula is C51H54BrN13O6S2. The minimum absolute atomic E-state index is 0.0974. The van der Waals surface area contributed by atoms with Gasteiger partial charge in [-0.05, 0) is 161 Å². The molecule has 19 nitrogen and oxygen atoms in total. The van der Waals surface area contributed by atoms with Gasteiger partial charge in [0.1, 0.15) is 27.6 Å². The van der Waals surface area contributed by atoms with Gasteiger partial charge in [0, 0.05) is 36.6 Å². The summed E-state index contributed by atoms with van der Waals surface area (Å²) in [7, 11) is -8.51. The molecule has 10 rings (SSSR count). The standard InChI is InChI=1S/C26H27N7O3S.C25H27BrN6O3S/c1-26(2)15-17-10-12-20(19-7-4-5-14-28-19)29-22-8-6-9-23(30-22)37(35,36)32-25(34)18-11-13-21(27-3)31-24(18)33(26)16-17;1-25(2)14-16-9-11-19(18-6-3-4-13-27-18)28-21-7-5-8-22(30-21)36(34,35)31-24(33)17-10-12-20(26)29-23(17)32(25)15-16/h4-9,11,13-14,17,20H,10,12,15-16H2,1-2H3,(H,29,30)(H,32,34);3-8,10,12-13,16,19H,9,11,14-15H2,1-2H3,(H,28,30)(H,31,33)/t17-,20+;16-,19+/m00/s1. The molecule has 4 aliphatic rings. The van der Waals surface area contributed by atoms with Crippen LogP contribution in [0.5, 0.6) is 0 Å². The topological polar surface area (TPSA) is 239 Å². The van der Waals surface area contributed by atoms with E-state index in [2.05, 4.69) is 103 Å². The second-order valence-corrected chi connectivity index (χ2v) is 23.9. The number of nitrogens with zero attached hydrogens (tertiary/aromatic N) is 9. The van der Waals surface area contributed by atoms with Crippen molar-refractivity contribution >= 4 is 76.9 Å². The number of hydrogen-bond donors (Lipinski definition) is 4. The van der Waals surface area contributed by atoms with Crippen LogP contribution in [0.1, 0.15) is 110 Å². The average molecular weight is 1090 g/mol. The highest BCUT2D eigenvalue weighted by atomic mass is 79.9. The van der Waals surface area contributed by atoms with Crippen molar-refractivity contribution in [3.8, 4) is 0 Å². The van der Waals surface area contributed by atoms with E-state index in [1.54, 1.807) is 48.8 Å². The van der Waals surface area contributed by atoms with Crippen molar-refractivity contribution in [3.05, 3.63) is 148 Å². The number of aromatic nitrogens is 6. The Morgan fingerprint density at radius 1 is 0.589 bits per heavy atom. The summed E-state index contributed by atoms with van der Waals surface area (Å²) < 4.78 is 57.5. The Balaban J connectivity index is 0.000000180. The van der Waals surface area contributed by atoms with Crippen LogP contribution in [0.3, 0.4) is 0 Å². The number of nitrogens with one attached hydrogen (secondary N) is 4. The van der Waals surface area contributed by atoms with Crippen LogP contribution in [0, 0.1) is 18.4 Å². The van der Waals surface area contributed by atoms with E-state index < -0.39 is 31.9 Å². The molecule has 0 unspecified atom stereocenters. The molecule has 0 saturated carbocycles. The number of hydrogen-bond acceptors (Lipinski definition) is 16. The average Bonchev–Trinajstić information content (AvgIpc) is 3.86. The van der Waals surface area contributed by atoms with E-state index in [-0.39, 0.29) is 56.1 Å². The Bertz CT molecular complexity index is 3330. The molecule has 0 aromatic carbocycles. The molecule has 0 aliphatic carbocycles. The van der Waals surface area contributed by atoms with Crippen LogP contribution in [-0.4, -0.2) is 82.7 Å². The molecule has 2 fully saturated rings. The maximum absolute atomic E-state index is 13.3. The molecule has 2 amide bonds. The molecule has 4 aliphatic heterocycles. The van der Waals surface area contributed by atoms with E-state index in [1.807, 2.05) is 41.3 Å². The first kappa shape index (κ1) is 50.8. The van der Waals surface area contributed by atoms with Crippen molar-refractivity contribution in [2.24, 2.45) is 11.8 Å². The van der Waals surface area contributed by atoms with E-state index in [4.69, 9.17) is 6.57 Å². The second-order valence-electron chi connectivity index (χ2n) is 19.8. The maximum atomic E-state index is 13.3. The number of pyridine rings is 6. The third-order valence-corrected chi connectivity index (χ3v) is 16.6. The summed E-state index contributed by atoms with van der Waals surface area (Å²) in [6.07, 6.45) is 8.51. The third kappa shape index (κ3) is 11.3. The predicted octanol–water partition coefficient (Wildman–Crippen LogP) is 8.40. The minimum Gasteiger partial charge on any atom is -0.362 e. The van der Waals surface area contributed by atoms with Gasteiger partial charge in [0.05, 0.1) is 29.0 Å². The molecule has 4 atom stereocenters. The zero-order valence-electron chi connectivity index (χ0n) is 40.5. The lowest BCUT2D eigenvalue weighted by Crippen LogP contribution is -2.41. The Kier molecular flexibility index (Phi) is 14.2. The van der Waals surface area contributed by atoms with E-state index in [0.717, 1.165) is 49.9 Å². The van der Waals surface area contributed by atoms with Crippen LogP contribution in [0.25, 0.3) is 4.85 Å². The summed E-state index contributed by atoms with van der Waals surface area (Å²) >= 11 is 3.41. The first-order valence-electron chi connectivity index (χ1n) is 23.8. The smallest absolute Gasteiger partial charge is 0.281 e. The van der Waals surface area contributed by atoms with Gasteiger partial charge in [-0.15, -0.1) is 4.98 Å². The van der Waals surface area contributed by atoms with Gasteiger partial charge in [0.2, 0.25) is 5.82 Å². The fraction of sp³-hybridized carbons (Fsp3) is 0.353. The lowest BCUT2D eigenvalue weighted by molar-refractivity contribution is 0.0972. The van der Waals surface area contributed by atoms with Gasteiger partial charge in [-0.1, -0.05) is 36.9 Å². The molecule has 0 spiro atoms. The Hall–Kier alpha value is -7.09. The molecule has 10 heterocycles. The first-order chi connectivity index (χ1) is 34.8. The first-order valence-corrected chi connectivity index (χ1v) is 27.6. The third-order valence-electron chi connectivity index (χ3n) is 13.6. The van der Waals surface area contributed by atoms with Crippen LogP contribution in [0.2, 0.25) is 0 Å². The number of halogens is 1. The lowest BCUT2D eigenvalue weighted by Gasteiger charge is -2.33. The summed E-state index contributed by atoms with van der Waals surface area (Å²) in [5.41, 5.74) is 1.35. The highest BCUT2D eigenvalue weighted by Gasteiger charge is 2.44. The summed E-state index contributed by atoms with van der Waals surface area (Å²) in [4.78, 5) is 60.9. The SMILES string of the molecule is CC1(C)C[C@@H]2CC[C@H](c3ccccn3)Nc3cccc(n3)S(=O)(=O)NC(=O)c3ccc(Br)nc3N1C2.[C-]#[N+]c1ccc2c(n1)N1C[C@@H](CC[C@H](c3ccccn3)Nc3cccc(n3)S(=O)(=O)NC2=O)CC1(C)C. The van der Waals surface area contributed by atoms with E-state index in [0.29, 0.717) is 46.9 Å². The molecule has 73 heavy (non-hydrogen) atoms. The Labute approximate surface area is 433 Å². The van der Waals surface area contributed by atoms with Crippen molar-refractivity contribution in [3.63, 3.8) is 0 Å². The molecular weight excluding hydrogens is 1030 g/mol. The maximum Gasteiger partial charge on any atom is 0.281 e. The van der Waals surface area contributed by atoms with Crippen molar-refractivity contribution in [2.45, 2.75) is 99.4 Å². The van der Waals surface area contributed by atoms with Crippen LogP contribution in [-0.2, 0) is 20.0 Å². The molecule has 4 N–H and O–H groups in total. The van der Waals surface area contributed by atoms with Crippen molar-refractivity contribution in [1.29, 1.82) is 0 Å². The lowest BCUT2D eigenvalue weighted by atomic mass is 9.91. The van der Waals surface area contributed by atoms with Crippen molar-refractivity contribution in [2.75, 3.05) is 33.5 Å². The summed E-state index contributed by atoms with van der Waals surface area (Å²) in [5.74, 6) is 0.743. The fourth-order valence-electron chi connectivity index (χ4n) is 10.3. The normalized spacial score (nSPS) is 22.7. The zero-order valence-corrected chi connectivity index (χ0v) is 43.7. The van der Waals surface area contributed by atoms with Crippen molar-refractivity contribution < 1.29 is 26.4 Å². The fourth-order valence-corrected chi connectivity index (χ4v) is 12.4. The largest absolute Gasteiger partial charge is 0.362 e. The Morgan fingerprint density at radius 3 is 1.51 bits per heavy atom. The molecule has 8 bridgehead atoms. The summed E-state index contributed by atoms with van der Waals surface area (Å²) in [5, 5.41) is 6.20. The van der Waals surface area contributed by atoms with Crippen LogP contribution in [0.15, 0.2) is 124 Å². The van der Waals surface area contributed by atoms with Gasteiger partial charge in [0.15, 0.2) is 10.1 Å². The Morgan fingerprint density at radius 2 is 1.05 bits per heavy atom. The number of rotatable bonds is 2. The molecule has 6 aromatic heterocycles. The number of carbonyl (C=O) groups is 2. The van der Waals surface area contributed by atoms with Gasteiger partial charge < -0.3 is 25.3 Å². The predicted molar refractivity (Wildman–Crippen MR) is 279 cm³/mol. The second kappa shape index (κ2) is 20.4. The monoisotopic (exact) mass is 1090 g/mol. The highest BCUT2D eigenvalue weighted by Crippen LogP contribution is 2.43. The van der Waals surface area contributed by atoms with Gasteiger partial charge in [-0.3, -0.25) is 19.6 Å². The highest BCUT2D eigenvalue weighted by molar-refractivity contribution is 9.10. The van der Waals surface area contributed by atoms with Gasteiger partial charge in [-0.25, -0.2) is 24.4 Å². The summed E-state index contributed by atoms with van der Waals surface area (Å²) in [6.45, 7) is 17.1. The van der Waals surface area contributed by atoms with Gasteiger partial charge in [0.25, 0.3) is 37.7 Å². The molecule has 2 saturated heterocycles. The van der Waals surface area contributed by atoms with Crippen LogP contribution in [0.4, 0.5) is 29.1 Å². The van der Waals surface area contributed by atoms with E-state index in [1.165, 1.54) is 24.3 Å².